The number of benzene rings is 1. The number of nitrogens with zero attached hydrogens (tertiary/aromatic N) is 5. The van der Waals surface area contributed by atoms with Crippen molar-refractivity contribution in [2.24, 2.45) is 7.05 Å². The number of carbonyl (C=O) groups is 1. The lowest BCUT2D eigenvalue weighted by molar-refractivity contribution is 0.0526. The summed E-state index contributed by atoms with van der Waals surface area (Å²) in [5, 5.41) is 5.44. The smallest absolute Gasteiger partial charge is 0.341 e. The highest BCUT2D eigenvalue weighted by Crippen LogP contribution is 2.37. The molecule has 1 aliphatic rings. The van der Waals surface area contributed by atoms with Crippen molar-refractivity contribution in [3.63, 3.8) is 0 Å². The summed E-state index contributed by atoms with van der Waals surface area (Å²) in [6.07, 6.45) is 3.39. The number of rotatable bonds is 4. The molecule has 3 aromatic heterocycles. The van der Waals surface area contributed by atoms with Crippen molar-refractivity contribution in [2.45, 2.75) is 32.6 Å². The molecule has 8 heteroatoms. The minimum Gasteiger partial charge on any atom is -0.462 e. The largest absolute Gasteiger partial charge is 0.462 e. The van der Waals surface area contributed by atoms with Crippen molar-refractivity contribution >= 4 is 33.8 Å². The maximum absolute atomic E-state index is 12.7. The summed E-state index contributed by atoms with van der Waals surface area (Å²) in [6, 6.07) is 7.86. The van der Waals surface area contributed by atoms with Crippen LogP contribution in [0.2, 0.25) is 0 Å². The Morgan fingerprint density at radius 3 is 2.77 bits per heavy atom. The van der Waals surface area contributed by atoms with Gasteiger partial charge in [0, 0.05) is 32.3 Å². The van der Waals surface area contributed by atoms with E-state index >= 15 is 0 Å². The minimum absolute atomic E-state index is 0.252. The molecule has 8 nitrogen and oxygen atoms in total. The van der Waals surface area contributed by atoms with E-state index in [4.69, 9.17) is 9.15 Å². The number of pyridine rings is 1. The van der Waals surface area contributed by atoms with Gasteiger partial charge in [0.05, 0.1) is 23.4 Å². The molecule has 0 saturated carbocycles. The Kier molecular flexibility index (Phi) is 4.84. The van der Waals surface area contributed by atoms with Crippen LogP contribution in [-0.4, -0.2) is 45.4 Å². The molecule has 0 aliphatic carbocycles. The molecule has 0 spiro atoms. The maximum atomic E-state index is 12.7. The van der Waals surface area contributed by atoms with Crippen molar-refractivity contribution in [2.75, 3.05) is 24.6 Å². The monoisotopic (exact) mass is 419 g/mol. The van der Waals surface area contributed by atoms with Crippen LogP contribution in [-0.2, 0) is 11.8 Å². The van der Waals surface area contributed by atoms with Crippen LogP contribution in [0.5, 0.6) is 0 Å². The van der Waals surface area contributed by atoms with E-state index in [0.29, 0.717) is 12.2 Å². The number of hydrogen-bond donors (Lipinski definition) is 0. The van der Waals surface area contributed by atoms with Crippen molar-refractivity contribution in [1.29, 1.82) is 0 Å². The molecule has 1 fully saturated rings. The number of anilines is 1. The average molecular weight is 419 g/mol. The second kappa shape index (κ2) is 7.68. The molecule has 160 valence electrons. The lowest BCUT2D eigenvalue weighted by Crippen LogP contribution is -2.34. The van der Waals surface area contributed by atoms with Crippen LogP contribution in [0.15, 0.2) is 34.9 Å². The van der Waals surface area contributed by atoms with Crippen LogP contribution in [0.4, 0.5) is 5.69 Å². The molecule has 0 atom stereocenters. The van der Waals surface area contributed by atoms with Crippen LogP contribution in [0, 0.1) is 6.92 Å². The maximum Gasteiger partial charge on any atom is 0.341 e. The van der Waals surface area contributed by atoms with E-state index in [1.807, 2.05) is 45.2 Å². The van der Waals surface area contributed by atoms with Crippen molar-refractivity contribution in [3.8, 4) is 0 Å². The third-order valence-corrected chi connectivity index (χ3v) is 5.97. The van der Waals surface area contributed by atoms with E-state index in [-0.39, 0.29) is 11.9 Å². The molecule has 4 heterocycles. The number of aryl methyl sites for hydroxylation is 2. The highest BCUT2D eigenvalue weighted by Gasteiger charge is 2.30. The fourth-order valence-corrected chi connectivity index (χ4v) is 4.49. The Morgan fingerprint density at radius 1 is 1.26 bits per heavy atom. The van der Waals surface area contributed by atoms with E-state index in [9.17, 15) is 4.79 Å². The van der Waals surface area contributed by atoms with Gasteiger partial charge in [-0.2, -0.15) is 5.10 Å². The molecule has 0 bridgehead atoms. The number of fused-ring (bicyclic) bond motifs is 2. The lowest BCUT2D eigenvalue weighted by atomic mass is 9.95. The number of ether oxygens (including phenoxy) is 1. The highest BCUT2D eigenvalue weighted by molar-refractivity contribution is 6.05. The molecule has 1 saturated heterocycles. The van der Waals surface area contributed by atoms with Gasteiger partial charge in [-0.05, 0) is 38.8 Å². The number of aromatic nitrogens is 4. The molecule has 0 unspecified atom stereocenters. The Labute approximate surface area is 179 Å². The van der Waals surface area contributed by atoms with Crippen LogP contribution in [0.1, 0.15) is 47.6 Å². The van der Waals surface area contributed by atoms with Crippen LogP contribution in [0.3, 0.4) is 0 Å². The minimum atomic E-state index is -0.351. The average Bonchev–Trinajstić information content (AvgIpc) is 3.34. The number of para-hydroxylation sites is 2. The molecule has 31 heavy (non-hydrogen) atoms. The van der Waals surface area contributed by atoms with Gasteiger partial charge in [-0.25, -0.2) is 14.8 Å². The predicted octanol–water partition coefficient (Wildman–Crippen LogP) is 3.98. The Bertz CT molecular complexity index is 1230. The second-order valence-electron chi connectivity index (χ2n) is 7.93. The molecule has 1 aliphatic heterocycles. The first-order valence-corrected chi connectivity index (χ1v) is 10.7. The highest BCUT2D eigenvalue weighted by atomic mass is 16.5. The molecule has 4 aromatic rings. The Hall–Kier alpha value is -3.42. The fraction of sp³-hybridized carbons (Fsp3) is 0.391. The van der Waals surface area contributed by atoms with Crippen LogP contribution < -0.4 is 4.90 Å². The van der Waals surface area contributed by atoms with E-state index in [1.165, 1.54) is 0 Å². The number of carbonyl (C=O) groups excluding carboxylic acids is 1. The summed E-state index contributed by atoms with van der Waals surface area (Å²) in [7, 11) is 1.87. The topological polar surface area (TPSA) is 86.3 Å². The van der Waals surface area contributed by atoms with E-state index in [0.717, 1.165) is 65.3 Å². The molecule has 1 aromatic carbocycles. The number of esters is 1. The van der Waals surface area contributed by atoms with Gasteiger partial charge in [-0.15, -0.1) is 0 Å². The molecular formula is C23H25N5O3. The van der Waals surface area contributed by atoms with Gasteiger partial charge in [0.1, 0.15) is 11.1 Å². The zero-order valence-electron chi connectivity index (χ0n) is 18.0. The van der Waals surface area contributed by atoms with Gasteiger partial charge in [0.25, 0.3) is 0 Å². The number of piperidine rings is 1. The van der Waals surface area contributed by atoms with Crippen molar-refractivity contribution < 1.29 is 13.9 Å². The molecular weight excluding hydrogens is 394 g/mol. The van der Waals surface area contributed by atoms with E-state index < -0.39 is 0 Å². The van der Waals surface area contributed by atoms with Gasteiger partial charge in [0.2, 0.25) is 0 Å². The lowest BCUT2D eigenvalue weighted by Gasteiger charge is -2.33. The number of hydrogen-bond acceptors (Lipinski definition) is 7. The SMILES string of the molecule is CCOC(=O)c1cnc2c(c(C)nn2C)c1N1CCC(c2nc3ccccc3o2)CC1. The zero-order chi connectivity index (χ0) is 21.5. The molecule has 5 rings (SSSR count). The quantitative estimate of drug-likeness (QED) is 0.463. The van der Waals surface area contributed by atoms with E-state index in [1.54, 1.807) is 10.9 Å². The second-order valence-corrected chi connectivity index (χ2v) is 7.93. The summed E-state index contributed by atoms with van der Waals surface area (Å²) in [4.78, 5) is 24.2. The van der Waals surface area contributed by atoms with Gasteiger partial charge >= 0.3 is 5.97 Å². The molecule has 0 amide bonds. The predicted molar refractivity (Wildman–Crippen MR) is 117 cm³/mol. The van der Waals surface area contributed by atoms with Gasteiger partial charge in [0.15, 0.2) is 17.1 Å². The third-order valence-electron chi connectivity index (χ3n) is 5.97. The standard InChI is InChI=1S/C23H25N5O3/c1-4-30-23(29)16-13-24-21-19(14(2)26-27(21)3)20(16)28-11-9-15(10-12-28)22-25-17-7-5-6-8-18(17)31-22/h5-8,13,15H,4,9-12H2,1-3H3. The van der Waals surface area contributed by atoms with Crippen molar-refractivity contribution in [3.05, 3.63) is 47.6 Å². The summed E-state index contributed by atoms with van der Waals surface area (Å²) in [5.74, 6) is 0.696. The Balaban J connectivity index is 1.48. The van der Waals surface area contributed by atoms with Gasteiger partial charge in [-0.3, -0.25) is 4.68 Å². The zero-order valence-corrected chi connectivity index (χ0v) is 18.0. The summed E-state index contributed by atoms with van der Waals surface area (Å²) < 4.78 is 13.1. The van der Waals surface area contributed by atoms with Crippen molar-refractivity contribution in [1.82, 2.24) is 19.7 Å². The molecule has 0 N–H and O–H groups in total. The first-order valence-electron chi connectivity index (χ1n) is 10.7. The third kappa shape index (κ3) is 3.32. The van der Waals surface area contributed by atoms with Gasteiger partial charge < -0.3 is 14.1 Å². The summed E-state index contributed by atoms with van der Waals surface area (Å²) in [5.41, 5.74) is 4.70. The fourth-order valence-electron chi connectivity index (χ4n) is 4.49. The normalized spacial score (nSPS) is 15.1. The van der Waals surface area contributed by atoms with Gasteiger partial charge in [-0.1, -0.05) is 12.1 Å². The summed E-state index contributed by atoms with van der Waals surface area (Å²) >= 11 is 0. The first kappa shape index (κ1) is 19.5. The summed E-state index contributed by atoms with van der Waals surface area (Å²) in [6.45, 7) is 5.65. The van der Waals surface area contributed by atoms with Crippen LogP contribution >= 0.6 is 0 Å². The Morgan fingerprint density at radius 2 is 2.03 bits per heavy atom. The first-order chi connectivity index (χ1) is 15.1. The van der Waals surface area contributed by atoms with Crippen LogP contribution in [0.25, 0.3) is 22.1 Å². The number of oxazole rings is 1. The van der Waals surface area contributed by atoms with E-state index in [2.05, 4.69) is 20.0 Å². The molecule has 0 radical (unpaired) electrons.